The molecule has 0 N–H and O–H groups in total. The molecule has 1 aromatic rings. The first-order valence-electron chi connectivity index (χ1n) is 4.94. The Balaban J connectivity index is 2.93. The zero-order chi connectivity index (χ0) is 11.4. The van der Waals surface area contributed by atoms with E-state index in [0.29, 0.717) is 29.2 Å². The maximum atomic E-state index is 11.6. The Kier molecular flexibility index (Phi) is 4.32. The van der Waals surface area contributed by atoms with E-state index in [-0.39, 0.29) is 5.97 Å². The molecule has 0 aliphatic heterocycles. The number of hydrogen-bond acceptors (Lipinski definition) is 3. The summed E-state index contributed by atoms with van der Waals surface area (Å²) in [5.74, 6) is 0.104. The van der Waals surface area contributed by atoms with Crippen LogP contribution >= 0.6 is 15.9 Å². The molecule has 0 aliphatic carbocycles. The minimum absolute atomic E-state index is 0.331. The van der Waals surface area contributed by atoms with Crippen molar-refractivity contribution in [2.75, 3.05) is 6.61 Å². The van der Waals surface area contributed by atoms with Gasteiger partial charge >= 0.3 is 5.97 Å². The van der Waals surface area contributed by atoms with E-state index in [1.54, 1.807) is 17.8 Å². The van der Waals surface area contributed by atoms with E-state index in [1.807, 2.05) is 0 Å². The van der Waals surface area contributed by atoms with Crippen LogP contribution < -0.4 is 0 Å². The number of halogens is 1. The van der Waals surface area contributed by atoms with E-state index in [0.717, 1.165) is 0 Å². The molecule has 0 radical (unpaired) electrons. The summed E-state index contributed by atoms with van der Waals surface area (Å²) in [7, 11) is 0. The van der Waals surface area contributed by atoms with Crippen LogP contribution in [0.3, 0.4) is 0 Å². The van der Waals surface area contributed by atoms with Crippen LogP contribution in [0.25, 0.3) is 0 Å². The van der Waals surface area contributed by atoms with Gasteiger partial charge < -0.3 is 4.74 Å². The molecule has 4 nitrogen and oxygen atoms in total. The molecule has 1 rings (SSSR count). The first-order chi connectivity index (χ1) is 7.06. The summed E-state index contributed by atoms with van der Waals surface area (Å²) in [6, 6.07) is 0. The van der Waals surface area contributed by atoms with Crippen LogP contribution in [0.1, 0.15) is 31.3 Å². The van der Waals surface area contributed by atoms with Crippen molar-refractivity contribution in [2.45, 2.75) is 27.3 Å². The fourth-order valence-electron chi connectivity index (χ4n) is 1.25. The van der Waals surface area contributed by atoms with Crippen molar-refractivity contribution in [3.63, 3.8) is 0 Å². The van der Waals surface area contributed by atoms with E-state index in [4.69, 9.17) is 4.74 Å². The maximum absolute atomic E-state index is 11.6. The van der Waals surface area contributed by atoms with Crippen LogP contribution in [0.2, 0.25) is 0 Å². The van der Waals surface area contributed by atoms with Crippen molar-refractivity contribution in [1.29, 1.82) is 0 Å². The first-order valence-corrected chi connectivity index (χ1v) is 5.74. The molecule has 1 heterocycles. The first kappa shape index (κ1) is 12.2. The second-order valence-corrected chi connectivity index (χ2v) is 4.49. The minimum atomic E-state index is -0.331. The third kappa shape index (κ3) is 3.06. The average Bonchev–Trinajstić information content (AvgIpc) is 2.46. The van der Waals surface area contributed by atoms with Crippen molar-refractivity contribution in [3.8, 4) is 0 Å². The van der Waals surface area contributed by atoms with E-state index >= 15 is 0 Å². The number of carbonyl (C=O) groups is 1. The normalized spacial score (nSPS) is 10.7. The molecule has 0 aromatic carbocycles. The molecular formula is C10H15BrN2O2. The topological polar surface area (TPSA) is 44.1 Å². The molecule has 0 amide bonds. The van der Waals surface area contributed by atoms with Crippen LogP contribution in [0.4, 0.5) is 0 Å². The number of rotatable bonds is 4. The van der Waals surface area contributed by atoms with Gasteiger partial charge in [0, 0.05) is 6.54 Å². The summed E-state index contributed by atoms with van der Waals surface area (Å²) < 4.78 is 7.31. The Morgan fingerprint density at radius 3 is 2.87 bits per heavy atom. The molecule has 0 unspecified atom stereocenters. The highest BCUT2D eigenvalue weighted by Crippen LogP contribution is 2.18. The molecule has 0 atom stereocenters. The van der Waals surface area contributed by atoms with Crippen LogP contribution in [-0.4, -0.2) is 22.4 Å². The highest BCUT2D eigenvalue weighted by atomic mass is 79.9. The average molecular weight is 275 g/mol. The SMILES string of the molecule is CCOC(=O)c1c(Br)cnn1CC(C)C. The van der Waals surface area contributed by atoms with Crippen LogP contribution in [0, 0.1) is 5.92 Å². The second-order valence-electron chi connectivity index (χ2n) is 3.64. The molecule has 15 heavy (non-hydrogen) atoms. The largest absolute Gasteiger partial charge is 0.461 e. The van der Waals surface area contributed by atoms with Gasteiger partial charge in [0.2, 0.25) is 0 Å². The monoisotopic (exact) mass is 274 g/mol. The van der Waals surface area contributed by atoms with Gasteiger partial charge in [-0.3, -0.25) is 4.68 Å². The number of hydrogen-bond donors (Lipinski definition) is 0. The van der Waals surface area contributed by atoms with Gasteiger partial charge in [-0.2, -0.15) is 5.10 Å². The Hall–Kier alpha value is -0.840. The van der Waals surface area contributed by atoms with E-state index in [1.165, 1.54) is 0 Å². The Morgan fingerprint density at radius 2 is 2.33 bits per heavy atom. The summed E-state index contributed by atoms with van der Waals surface area (Å²) in [4.78, 5) is 11.6. The molecule has 1 aromatic heterocycles. The lowest BCUT2D eigenvalue weighted by atomic mass is 10.2. The number of ether oxygens (including phenoxy) is 1. The van der Waals surface area contributed by atoms with Crippen molar-refractivity contribution in [1.82, 2.24) is 9.78 Å². The predicted molar refractivity (Wildman–Crippen MR) is 60.7 cm³/mol. The number of carbonyl (C=O) groups excluding carboxylic acids is 1. The van der Waals surface area contributed by atoms with E-state index in [9.17, 15) is 4.79 Å². The van der Waals surface area contributed by atoms with Gasteiger partial charge in [0.1, 0.15) is 0 Å². The number of esters is 1. The number of nitrogens with zero attached hydrogens (tertiary/aromatic N) is 2. The molecular weight excluding hydrogens is 260 g/mol. The van der Waals surface area contributed by atoms with E-state index in [2.05, 4.69) is 34.9 Å². The van der Waals surface area contributed by atoms with Crippen molar-refractivity contribution < 1.29 is 9.53 Å². The van der Waals surface area contributed by atoms with Gasteiger partial charge in [-0.05, 0) is 28.8 Å². The lowest BCUT2D eigenvalue weighted by Gasteiger charge is -2.09. The summed E-state index contributed by atoms with van der Waals surface area (Å²) in [6.45, 7) is 7.02. The van der Waals surface area contributed by atoms with Gasteiger partial charge in [-0.15, -0.1) is 0 Å². The van der Waals surface area contributed by atoms with E-state index < -0.39 is 0 Å². The standard InChI is InChI=1S/C10H15BrN2O2/c1-4-15-10(14)9-8(11)5-12-13(9)6-7(2)3/h5,7H,4,6H2,1-3H3. The summed E-state index contributed by atoms with van der Waals surface area (Å²) in [5.41, 5.74) is 0.491. The summed E-state index contributed by atoms with van der Waals surface area (Å²) in [5, 5.41) is 4.13. The van der Waals surface area contributed by atoms with Crippen LogP contribution in [-0.2, 0) is 11.3 Å². The fraction of sp³-hybridized carbons (Fsp3) is 0.600. The maximum Gasteiger partial charge on any atom is 0.357 e. The molecule has 0 saturated heterocycles. The van der Waals surface area contributed by atoms with Crippen molar-refractivity contribution in [3.05, 3.63) is 16.4 Å². The molecule has 0 spiro atoms. The molecule has 0 aliphatic rings. The van der Waals surface area contributed by atoms with Gasteiger partial charge in [0.15, 0.2) is 5.69 Å². The van der Waals surface area contributed by atoms with Gasteiger partial charge in [-0.1, -0.05) is 13.8 Å². The summed E-state index contributed by atoms with van der Waals surface area (Å²) in [6.07, 6.45) is 1.62. The number of aromatic nitrogens is 2. The fourth-order valence-corrected chi connectivity index (χ4v) is 1.71. The predicted octanol–water partition coefficient (Wildman–Crippen LogP) is 2.48. The third-order valence-corrected chi connectivity index (χ3v) is 2.38. The van der Waals surface area contributed by atoms with Gasteiger partial charge in [-0.25, -0.2) is 4.79 Å². The molecule has 0 saturated carbocycles. The third-order valence-electron chi connectivity index (χ3n) is 1.80. The Morgan fingerprint density at radius 1 is 1.67 bits per heavy atom. The Labute approximate surface area is 97.7 Å². The van der Waals surface area contributed by atoms with Gasteiger partial charge in [0.05, 0.1) is 17.3 Å². The van der Waals surface area contributed by atoms with Crippen LogP contribution in [0.15, 0.2) is 10.7 Å². The smallest absolute Gasteiger partial charge is 0.357 e. The zero-order valence-electron chi connectivity index (χ0n) is 9.16. The molecule has 0 bridgehead atoms. The second kappa shape index (κ2) is 5.30. The van der Waals surface area contributed by atoms with Crippen molar-refractivity contribution in [2.24, 2.45) is 5.92 Å². The highest BCUT2D eigenvalue weighted by molar-refractivity contribution is 9.10. The highest BCUT2D eigenvalue weighted by Gasteiger charge is 2.18. The summed E-state index contributed by atoms with van der Waals surface area (Å²) >= 11 is 3.29. The lowest BCUT2D eigenvalue weighted by molar-refractivity contribution is 0.0509. The lowest BCUT2D eigenvalue weighted by Crippen LogP contribution is -2.16. The quantitative estimate of drug-likeness (QED) is 0.793. The Bertz CT molecular complexity index is 347. The van der Waals surface area contributed by atoms with Crippen molar-refractivity contribution >= 4 is 21.9 Å². The molecule has 84 valence electrons. The molecule has 5 heteroatoms. The molecule has 0 fully saturated rings. The van der Waals surface area contributed by atoms with Gasteiger partial charge in [0.25, 0.3) is 0 Å². The minimum Gasteiger partial charge on any atom is -0.461 e. The zero-order valence-corrected chi connectivity index (χ0v) is 10.7. The van der Waals surface area contributed by atoms with Crippen LogP contribution in [0.5, 0.6) is 0 Å².